The van der Waals surface area contributed by atoms with Crippen LogP contribution in [0.2, 0.25) is 0 Å². The minimum atomic E-state index is 0.189. The van der Waals surface area contributed by atoms with Gasteiger partial charge >= 0.3 is 0 Å². The van der Waals surface area contributed by atoms with Crippen LogP contribution in [0.1, 0.15) is 12.2 Å². The number of aliphatic hydroxyl groups is 1. The maximum absolute atomic E-state index is 9.13. The molecule has 3 rings (SSSR count). The summed E-state index contributed by atoms with van der Waals surface area (Å²) in [5.41, 5.74) is 0. The van der Waals surface area contributed by atoms with Crippen molar-refractivity contribution in [2.75, 3.05) is 11.9 Å². The molecule has 0 aliphatic heterocycles. The van der Waals surface area contributed by atoms with E-state index in [0.29, 0.717) is 0 Å². The maximum atomic E-state index is 9.13. The Morgan fingerprint density at radius 2 is 2.30 bits per heavy atom. The zero-order valence-electron chi connectivity index (χ0n) is 11.3. The lowest BCUT2D eigenvalue weighted by Gasteiger charge is -2.14. The first kappa shape index (κ1) is 12.8. The van der Waals surface area contributed by atoms with Crippen LogP contribution in [0.15, 0.2) is 36.9 Å². The van der Waals surface area contributed by atoms with Crippen LogP contribution in [-0.2, 0) is 0 Å². The van der Waals surface area contributed by atoms with Gasteiger partial charge in [0.15, 0.2) is 5.82 Å². The van der Waals surface area contributed by atoms with Gasteiger partial charge in [-0.05, 0) is 13.3 Å². The van der Waals surface area contributed by atoms with Crippen molar-refractivity contribution in [1.82, 2.24) is 19.5 Å². The second kappa shape index (κ2) is 5.42. The van der Waals surface area contributed by atoms with E-state index in [1.165, 1.54) is 0 Å². The lowest BCUT2D eigenvalue weighted by atomic mass is 10.1. The molecule has 1 aliphatic rings. The van der Waals surface area contributed by atoms with E-state index >= 15 is 0 Å². The minimum Gasteiger partial charge on any atom is -0.396 e. The van der Waals surface area contributed by atoms with Gasteiger partial charge < -0.3 is 10.4 Å². The van der Waals surface area contributed by atoms with Crippen LogP contribution in [-0.4, -0.2) is 37.3 Å². The molecular weight excluding hydrogens is 254 g/mol. The number of aryl methyl sites for hydroxylation is 1. The third-order valence-corrected chi connectivity index (χ3v) is 3.43. The number of hydrogen-bond acceptors (Lipinski definition) is 5. The molecule has 20 heavy (non-hydrogen) atoms. The van der Waals surface area contributed by atoms with Gasteiger partial charge in [0.05, 0.1) is 12.4 Å². The van der Waals surface area contributed by atoms with Gasteiger partial charge in [-0.3, -0.25) is 9.55 Å². The quantitative estimate of drug-likeness (QED) is 0.820. The normalized spacial score (nSPS) is 21.3. The van der Waals surface area contributed by atoms with Gasteiger partial charge in [-0.25, -0.2) is 9.97 Å². The van der Waals surface area contributed by atoms with Gasteiger partial charge in [-0.2, -0.15) is 0 Å². The monoisotopic (exact) mass is 271 g/mol. The highest BCUT2D eigenvalue weighted by Crippen LogP contribution is 2.20. The Balaban J connectivity index is 1.76. The van der Waals surface area contributed by atoms with E-state index in [0.717, 1.165) is 23.9 Å². The molecule has 2 atom stereocenters. The van der Waals surface area contributed by atoms with Crippen LogP contribution in [0.25, 0.3) is 5.82 Å². The Morgan fingerprint density at radius 1 is 1.40 bits per heavy atom. The van der Waals surface area contributed by atoms with Crippen LogP contribution in [0.4, 0.5) is 5.82 Å². The molecule has 0 radical (unpaired) electrons. The van der Waals surface area contributed by atoms with E-state index in [2.05, 4.69) is 26.3 Å². The molecule has 0 saturated heterocycles. The lowest BCUT2D eigenvalue weighted by Crippen LogP contribution is -2.18. The van der Waals surface area contributed by atoms with E-state index in [9.17, 15) is 0 Å². The summed E-state index contributed by atoms with van der Waals surface area (Å²) in [6.07, 6.45) is 12.0. The molecule has 6 heteroatoms. The lowest BCUT2D eigenvalue weighted by molar-refractivity contribution is 0.250. The minimum absolute atomic E-state index is 0.189. The highest BCUT2D eigenvalue weighted by atomic mass is 16.3. The number of aliphatic hydroxyl groups excluding tert-OH is 1. The topological polar surface area (TPSA) is 75.9 Å². The van der Waals surface area contributed by atoms with Crippen molar-refractivity contribution in [3.8, 4) is 5.82 Å². The molecule has 1 aliphatic carbocycles. The zero-order valence-corrected chi connectivity index (χ0v) is 11.3. The molecule has 104 valence electrons. The molecule has 0 unspecified atom stereocenters. The Hall–Kier alpha value is -2.21. The number of anilines is 1. The van der Waals surface area contributed by atoms with E-state index in [1.54, 1.807) is 18.6 Å². The summed E-state index contributed by atoms with van der Waals surface area (Å²) in [4.78, 5) is 12.9. The fourth-order valence-corrected chi connectivity index (χ4v) is 2.37. The summed E-state index contributed by atoms with van der Waals surface area (Å²) in [5.74, 6) is 2.58. The van der Waals surface area contributed by atoms with Crippen molar-refractivity contribution in [2.45, 2.75) is 19.4 Å². The first-order valence-corrected chi connectivity index (χ1v) is 6.64. The number of nitrogens with zero attached hydrogens (tertiary/aromatic N) is 4. The predicted octanol–water partition coefficient (Wildman–Crippen LogP) is 1.32. The average molecular weight is 271 g/mol. The molecule has 2 aromatic rings. The Bertz CT molecular complexity index is 622. The van der Waals surface area contributed by atoms with E-state index in [1.807, 2.05) is 23.8 Å². The highest BCUT2D eigenvalue weighted by molar-refractivity contribution is 5.39. The van der Waals surface area contributed by atoms with Gasteiger partial charge in [0, 0.05) is 31.0 Å². The number of aromatic nitrogens is 4. The molecule has 0 amide bonds. The summed E-state index contributed by atoms with van der Waals surface area (Å²) >= 11 is 0. The van der Waals surface area contributed by atoms with E-state index in [-0.39, 0.29) is 18.6 Å². The van der Waals surface area contributed by atoms with Crippen LogP contribution >= 0.6 is 0 Å². The van der Waals surface area contributed by atoms with Gasteiger partial charge in [-0.15, -0.1) is 0 Å². The van der Waals surface area contributed by atoms with E-state index < -0.39 is 0 Å². The van der Waals surface area contributed by atoms with Gasteiger partial charge in [0.1, 0.15) is 11.6 Å². The highest BCUT2D eigenvalue weighted by Gasteiger charge is 2.18. The third-order valence-electron chi connectivity index (χ3n) is 3.43. The summed E-state index contributed by atoms with van der Waals surface area (Å²) < 4.78 is 1.89. The van der Waals surface area contributed by atoms with E-state index in [4.69, 9.17) is 5.11 Å². The summed E-state index contributed by atoms with van der Waals surface area (Å²) in [6, 6.07) is 0.195. The molecule has 0 fully saturated rings. The smallest absolute Gasteiger partial charge is 0.159 e. The molecular formula is C14H17N5O. The number of hydrogen-bond donors (Lipinski definition) is 2. The first-order chi connectivity index (χ1) is 9.76. The van der Waals surface area contributed by atoms with Gasteiger partial charge in [-0.1, -0.05) is 12.2 Å². The van der Waals surface area contributed by atoms with Crippen LogP contribution in [0, 0.1) is 12.8 Å². The number of rotatable bonds is 4. The molecule has 6 nitrogen and oxygen atoms in total. The fourth-order valence-electron chi connectivity index (χ4n) is 2.37. The Kier molecular flexibility index (Phi) is 3.47. The second-order valence-electron chi connectivity index (χ2n) is 4.92. The SMILES string of the molecule is Cc1nccn1-c1cncc(N[C@@H]2C=C[C@H](CO)C2)n1. The maximum Gasteiger partial charge on any atom is 0.159 e. The van der Waals surface area contributed by atoms with Crippen LogP contribution in [0.3, 0.4) is 0 Å². The standard InChI is InChI=1S/C14H17N5O/c1-10-16-4-5-19(10)14-8-15-7-13(18-14)17-12-3-2-11(6-12)9-20/h2-5,7-8,11-12,20H,6,9H2,1H3,(H,17,18)/t11-,12+/m0/s1. The fraction of sp³-hybridized carbons (Fsp3) is 0.357. The van der Waals surface area contributed by atoms with Crippen molar-refractivity contribution in [2.24, 2.45) is 5.92 Å². The second-order valence-corrected chi connectivity index (χ2v) is 4.92. The molecule has 0 aromatic carbocycles. The number of nitrogens with one attached hydrogen (secondary N) is 1. The Labute approximate surface area is 117 Å². The van der Waals surface area contributed by atoms with Crippen molar-refractivity contribution >= 4 is 5.82 Å². The molecule has 0 bridgehead atoms. The molecule has 2 heterocycles. The predicted molar refractivity (Wildman–Crippen MR) is 75.6 cm³/mol. The zero-order chi connectivity index (χ0) is 13.9. The summed E-state index contributed by atoms with van der Waals surface area (Å²) in [5, 5.41) is 12.5. The molecule has 0 saturated carbocycles. The summed E-state index contributed by atoms with van der Waals surface area (Å²) in [6.45, 7) is 2.11. The van der Waals surface area contributed by atoms with Crippen LogP contribution in [0.5, 0.6) is 0 Å². The van der Waals surface area contributed by atoms with Crippen molar-refractivity contribution < 1.29 is 5.11 Å². The Morgan fingerprint density at radius 3 is 3.00 bits per heavy atom. The third kappa shape index (κ3) is 2.55. The summed E-state index contributed by atoms with van der Waals surface area (Å²) in [7, 11) is 0. The van der Waals surface area contributed by atoms with Crippen LogP contribution < -0.4 is 5.32 Å². The molecule has 0 spiro atoms. The van der Waals surface area contributed by atoms with Crippen molar-refractivity contribution in [3.05, 3.63) is 42.8 Å². The van der Waals surface area contributed by atoms with Crippen molar-refractivity contribution in [3.63, 3.8) is 0 Å². The largest absolute Gasteiger partial charge is 0.396 e. The number of imidazole rings is 1. The van der Waals surface area contributed by atoms with Gasteiger partial charge in [0.2, 0.25) is 0 Å². The molecule has 2 aromatic heterocycles. The van der Waals surface area contributed by atoms with Gasteiger partial charge in [0.25, 0.3) is 0 Å². The van der Waals surface area contributed by atoms with Crippen molar-refractivity contribution in [1.29, 1.82) is 0 Å². The molecule has 2 N–H and O–H groups in total. The first-order valence-electron chi connectivity index (χ1n) is 6.64. The average Bonchev–Trinajstić information content (AvgIpc) is 3.08.